The lowest BCUT2D eigenvalue weighted by atomic mass is 9.70. The number of nitrogens with zero attached hydrogens (tertiary/aromatic N) is 4. The topological polar surface area (TPSA) is 13.0 Å². The van der Waals surface area contributed by atoms with Gasteiger partial charge in [0.1, 0.15) is 0 Å². The summed E-state index contributed by atoms with van der Waals surface area (Å²) in [6, 6.07) is 166. The molecule has 3 aliphatic carbocycles. The molecule has 0 saturated heterocycles. The van der Waals surface area contributed by atoms with Crippen LogP contribution in [0.4, 0.5) is 68.2 Å². The monoisotopic (exact) mass is 1850 g/mol. The summed E-state index contributed by atoms with van der Waals surface area (Å²) in [7, 11) is 0. The maximum Gasteiger partial charge on any atom is 0.0728 e. The largest absolute Gasteiger partial charge is 0.310 e. The summed E-state index contributed by atoms with van der Waals surface area (Å²) in [5.41, 5.74) is 51.9. The third-order valence-electron chi connectivity index (χ3n) is 29.4. The van der Waals surface area contributed by atoms with Gasteiger partial charge in [0.05, 0.1) is 5.41 Å². The lowest BCUT2D eigenvalue weighted by molar-refractivity contribution is 0.602. The Morgan fingerprint density at radius 2 is 0.354 bits per heavy atom. The minimum Gasteiger partial charge on any atom is -0.310 e. The van der Waals surface area contributed by atoms with Crippen LogP contribution < -0.4 is 19.6 Å². The van der Waals surface area contributed by atoms with Gasteiger partial charge in [-0.25, -0.2) is 0 Å². The van der Waals surface area contributed by atoms with Crippen molar-refractivity contribution in [2.24, 2.45) is 0 Å². The molecule has 19 aromatic rings. The third kappa shape index (κ3) is 19.0. The highest BCUT2D eigenvalue weighted by Crippen LogP contribution is 2.66. The van der Waals surface area contributed by atoms with Gasteiger partial charge in [-0.1, -0.05) is 377 Å². The van der Waals surface area contributed by atoms with Crippen LogP contribution in [0.2, 0.25) is 0 Å². The molecule has 1 saturated carbocycles. The van der Waals surface area contributed by atoms with E-state index in [1.807, 2.05) is 0 Å². The van der Waals surface area contributed by atoms with Crippen molar-refractivity contribution < 1.29 is 0 Å². The van der Waals surface area contributed by atoms with E-state index in [0.29, 0.717) is 0 Å². The number of aryl methyl sites for hydroxylation is 10. The Bertz CT molecular complexity index is 7380. The molecule has 0 radical (unpaired) electrons. The fraction of sp³-hybridized carbons (Fsp3) is 0.114. The van der Waals surface area contributed by atoms with E-state index < -0.39 is 5.41 Å². The van der Waals surface area contributed by atoms with Crippen molar-refractivity contribution in [3.05, 3.63) is 587 Å². The molecule has 0 unspecified atom stereocenters. The summed E-state index contributed by atoms with van der Waals surface area (Å²) in [4.78, 5) is 9.92. The zero-order chi connectivity index (χ0) is 98.1. The molecule has 0 atom stereocenters. The Kier molecular flexibility index (Phi) is 25.6. The van der Waals surface area contributed by atoms with E-state index in [0.717, 1.165) is 107 Å². The van der Waals surface area contributed by atoms with E-state index in [4.69, 9.17) is 0 Å². The molecule has 1 spiro atoms. The van der Waals surface area contributed by atoms with Crippen LogP contribution in [0.25, 0.3) is 75.4 Å². The predicted molar refractivity (Wildman–Crippen MR) is 615 cm³/mol. The fourth-order valence-corrected chi connectivity index (χ4v) is 21.4. The Hall–Kier alpha value is -16.9. The van der Waals surface area contributed by atoms with Crippen LogP contribution in [0.5, 0.6) is 0 Å². The van der Waals surface area contributed by atoms with Gasteiger partial charge in [0.2, 0.25) is 0 Å². The molecule has 0 N–H and O–H groups in total. The van der Waals surface area contributed by atoms with Gasteiger partial charge in [0, 0.05) is 68.2 Å². The Morgan fingerprint density at radius 1 is 0.181 bits per heavy atom. The Morgan fingerprint density at radius 3 is 0.569 bits per heavy atom. The molecule has 1 fully saturated rings. The average Bonchev–Trinajstić information content (AvgIpc) is 1.50. The first-order valence-electron chi connectivity index (χ1n) is 50.9. The van der Waals surface area contributed by atoms with Crippen LogP contribution in [-0.2, 0) is 5.41 Å². The molecule has 0 bridgehead atoms. The maximum atomic E-state index is 2.57. The SMILES string of the molecule is Cc1ccc(C(=Cc2ccc(N(c3ccc(C)cc3)c3ccc4c(c3)C3(c5cc(N(c6ccc(C)cc6)c6ccc(C=Cc7ccc(C=C8CCCCC8)cc7)cc6)ccc5-4)c4cc(N(c5ccc(C)cc5)c5ccc(C=C(c6ccc(C)cc6)c6ccc(C)cc6)cc5)ccc4-c4ccc(N(c5ccc(C)cc5)c5ccc(C=C(c6ccc(C)cc6)c6ccc(C)cc6)cc5)cc43)cc2)c2ccc(C)cc2)cc1. The van der Waals surface area contributed by atoms with E-state index in [-0.39, 0.29) is 0 Å². The molecule has 19 aromatic carbocycles. The van der Waals surface area contributed by atoms with Crippen molar-refractivity contribution in [3.8, 4) is 22.3 Å². The number of rotatable bonds is 24. The van der Waals surface area contributed by atoms with Crippen molar-refractivity contribution in [3.63, 3.8) is 0 Å². The molecule has 0 amide bonds. The first-order valence-corrected chi connectivity index (χ1v) is 50.9. The second-order valence-corrected chi connectivity index (χ2v) is 40.0. The predicted octanol–water partition coefficient (Wildman–Crippen LogP) is 38.3. The average molecular weight is 1860 g/mol. The van der Waals surface area contributed by atoms with Crippen LogP contribution in [-0.4, -0.2) is 0 Å². The number of hydrogen-bond donors (Lipinski definition) is 0. The van der Waals surface area contributed by atoms with Crippen LogP contribution >= 0.6 is 0 Å². The molecule has 22 rings (SSSR count). The minimum atomic E-state index is -1.03. The van der Waals surface area contributed by atoms with Crippen molar-refractivity contribution in [1.82, 2.24) is 0 Å². The first-order chi connectivity index (χ1) is 70.4. The summed E-state index contributed by atoms with van der Waals surface area (Å²) in [5.74, 6) is 0. The molecule has 0 aliphatic heterocycles. The van der Waals surface area contributed by atoms with Crippen LogP contribution in [0.3, 0.4) is 0 Å². The van der Waals surface area contributed by atoms with Crippen molar-refractivity contribution in [1.29, 1.82) is 0 Å². The van der Waals surface area contributed by atoms with Gasteiger partial charge in [-0.3, -0.25) is 0 Å². The first kappa shape index (κ1) is 92.1. The van der Waals surface area contributed by atoms with Gasteiger partial charge in [0.15, 0.2) is 0 Å². The highest BCUT2D eigenvalue weighted by atomic mass is 15.2. The lowest BCUT2D eigenvalue weighted by Gasteiger charge is -2.35. The summed E-state index contributed by atoms with van der Waals surface area (Å²) in [5, 5.41) is 0. The molecule has 3 aliphatic rings. The summed E-state index contributed by atoms with van der Waals surface area (Å²) in [6.07, 6.45) is 20.3. The molecular formula is C140H118N4. The number of fused-ring (bicyclic) bond motifs is 10. The van der Waals surface area contributed by atoms with Crippen molar-refractivity contribution in [2.45, 2.75) is 107 Å². The van der Waals surface area contributed by atoms with Gasteiger partial charge in [-0.15, -0.1) is 0 Å². The maximum absolute atomic E-state index is 2.57. The van der Waals surface area contributed by atoms with E-state index in [9.17, 15) is 0 Å². The Labute approximate surface area is 851 Å². The number of allylic oxidation sites excluding steroid dienone is 1. The summed E-state index contributed by atoms with van der Waals surface area (Å²) < 4.78 is 0. The number of anilines is 12. The molecule has 144 heavy (non-hydrogen) atoms. The second-order valence-electron chi connectivity index (χ2n) is 40.0. The quantitative estimate of drug-likeness (QED) is 0.0559. The highest BCUT2D eigenvalue weighted by molar-refractivity contribution is 6.02. The van der Waals surface area contributed by atoms with E-state index in [1.165, 1.54) is 177 Å². The van der Waals surface area contributed by atoms with Crippen LogP contribution in [0, 0.1) is 69.2 Å². The fourth-order valence-electron chi connectivity index (χ4n) is 21.4. The van der Waals surface area contributed by atoms with E-state index in [1.54, 1.807) is 5.57 Å². The number of benzene rings is 19. The van der Waals surface area contributed by atoms with Crippen LogP contribution in [0.15, 0.2) is 442 Å². The van der Waals surface area contributed by atoms with Gasteiger partial charge >= 0.3 is 0 Å². The Balaban J connectivity index is 0.768. The lowest BCUT2D eigenvalue weighted by Crippen LogP contribution is -2.27. The van der Waals surface area contributed by atoms with E-state index >= 15 is 0 Å². The van der Waals surface area contributed by atoms with E-state index in [2.05, 4.69) is 562 Å². The van der Waals surface area contributed by atoms with Gasteiger partial charge in [0.25, 0.3) is 0 Å². The standard InChI is InChI=1S/C140H118N4/c1-94-16-50-111(51-17-94)133(112-52-18-95(2)19-53-112)87-108-44-72-122(73-45-108)142(118-64-30-101(8)31-65-118)126-79-83-130-129-82-78-125(141(117-62-28-100(7)29-63-117)121-70-42-105(43-71-121)37-36-104-38-40-107(41-39-104)86-106-14-12-11-13-15-106)90-136(129)140(137(130)91-126)138-92-127(143(119-66-32-102(9)33-67-119)123-74-46-109(47-75-123)88-134(113-54-20-96(3)21-55-113)114-56-22-97(4)23-57-114)80-84-131(138)132-85-81-128(93-139(132)140)144(120-68-34-103(10)35-69-120)124-76-48-110(49-77-124)89-135(115-58-24-98(5)25-59-115)116-60-26-99(6)27-61-116/h16-93H,11-15H2,1-10H3. The molecule has 0 aromatic heterocycles. The van der Waals surface area contributed by atoms with Crippen LogP contribution in [0.1, 0.15) is 177 Å². The zero-order valence-electron chi connectivity index (χ0n) is 83.9. The highest BCUT2D eigenvalue weighted by Gasteiger charge is 2.53. The normalized spacial score (nSPS) is 12.5. The molecule has 0 heterocycles. The van der Waals surface area contributed by atoms with Crippen molar-refractivity contribution in [2.75, 3.05) is 19.6 Å². The van der Waals surface area contributed by atoms with Crippen molar-refractivity contribution >= 4 is 121 Å². The summed E-state index contributed by atoms with van der Waals surface area (Å²) >= 11 is 0. The van der Waals surface area contributed by atoms with Gasteiger partial charge in [-0.2, -0.15) is 0 Å². The zero-order valence-corrected chi connectivity index (χ0v) is 83.9. The smallest absolute Gasteiger partial charge is 0.0728 e. The molecule has 4 nitrogen and oxygen atoms in total. The molecular weight excluding hydrogens is 1740 g/mol. The minimum absolute atomic E-state index is 1.03. The van der Waals surface area contributed by atoms with Gasteiger partial charge < -0.3 is 19.6 Å². The molecule has 698 valence electrons. The number of hydrogen-bond acceptors (Lipinski definition) is 4. The molecule has 4 heteroatoms. The third-order valence-corrected chi connectivity index (χ3v) is 29.4. The van der Waals surface area contributed by atoms with Gasteiger partial charge in [-0.05, 0) is 387 Å². The summed E-state index contributed by atoms with van der Waals surface area (Å²) in [6.45, 7) is 21.7. The second kappa shape index (κ2) is 40.0.